The molecule has 0 aliphatic carbocycles. The Hall–Kier alpha value is -2.04. The molecule has 0 spiro atoms. The molecule has 3 rings (SSSR count). The molecule has 1 aromatic rings. The van der Waals surface area contributed by atoms with Gasteiger partial charge in [0, 0.05) is 32.1 Å². The van der Waals surface area contributed by atoms with E-state index in [1.165, 1.54) is 6.42 Å². The van der Waals surface area contributed by atoms with Gasteiger partial charge in [-0.2, -0.15) is 0 Å². The molecular weight excluding hydrogens is 340 g/mol. The molecule has 2 heterocycles. The third-order valence-corrected chi connectivity index (χ3v) is 5.66. The molecule has 0 N–H and O–H groups in total. The van der Waals surface area contributed by atoms with Gasteiger partial charge in [0.25, 0.3) is 5.91 Å². The molecule has 27 heavy (non-hydrogen) atoms. The van der Waals surface area contributed by atoms with Crippen molar-refractivity contribution in [3.63, 3.8) is 0 Å². The minimum atomic E-state index is 0.0606. The number of carbonyl (C=O) groups excluding carboxylic acids is 2. The number of piperidine rings is 2. The van der Waals surface area contributed by atoms with Gasteiger partial charge in [-0.1, -0.05) is 26.0 Å². The average molecular weight is 373 g/mol. The Bertz CT molecular complexity index is 645. The lowest BCUT2D eigenvalue weighted by Gasteiger charge is -2.33. The third kappa shape index (κ3) is 5.02. The van der Waals surface area contributed by atoms with E-state index in [9.17, 15) is 9.59 Å². The first-order chi connectivity index (χ1) is 13.1. The lowest BCUT2D eigenvalue weighted by atomic mass is 9.97. The van der Waals surface area contributed by atoms with Crippen LogP contribution < -0.4 is 4.74 Å². The molecule has 0 radical (unpaired) electrons. The highest BCUT2D eigenvalue weighted by Crippen LogP contribution is 2.25. The number of benzene rings is 1. The van der Waals surface area contributed by atoms with Crippen LogP contribution in [-0.2, 0) is 4.79 Å². The average Bonchev–Trinajstić information content (AvgIpc) is 2.72. The highest BCUT2D eigenvalue weighted by Gasteiger charge is 2.26. The second-order valence-corrected chi connectivity index (χ2v) is 8.08. The van der Waals surface area contributed by atoms with E-state index < -0.39 is 0 Å². The molecule has 1 aromatic carbocycles. The van der Waals surface area contributed by atoms with Gasteiger partial charge in [0.15, 0.2) is 0 Å². The maximum Gasteiger partial charge on any atom is 0.257 e. The van der Waals surface area contributed by atoms with Gasteiger partial charge in [0.1, 0.15) is 5.75 Å². The summed E-state index contributed by atoms with van der Waals surface area (Å²) in [5, 5.41) is 0. The van der Waals surface area contributed by atoms with Crippen molar-refractivity contribution in [1.82, 2.24) is 9.80 Å². The first kappa shape index (κ1) is 19.7. The van der Waals surface area contributed by atoms with Crippen LogP contribution in [-0.4, -0.2) is 54.4 Å². The van der Waals surface area contributed by atoms with Gasteiger partial charge in [-0.3, -0.25) is 9.59 Å². The summed E-state index contributed by atoms with van der Waals surface area (Å²) >= 11 is 0. The quantitative estimate of drug-likeness (QED) is 0.794. The molecule has 0 unspecified atom stereocenters. The summed E-state index contributed by atoms with van der Waals surface area (Å²) in [6.45, 7) is 7.80. The number of likely N-dealkylation sites (tertiary alicyclic amines) is 2. The SMILES string of the molecule is CC(C)C(=O)N1CCC(COc2ccccc2C(=O)N2CCCCC2)CC1. The van der Waals surface area contributed by atoms with Crippen LogP contribution in [0.2, 0.25) is 0 Å². The fourth-order valence-corrected chi connectivity index (χ4v) is 3.93. The fraction of sp³-hybridized carbons (Fsp3) is 0.636. The number of hydrogen-bond acceptors (Lipinski definition) is 3. The lowest BCUT2D eigenvalue weighted by Crippen LogP contribution is -2.41. The van der Waals surface area contributed by atoms with E-state index in [-0.39, 0.29) is 17.7 Å². The topological polar surface area (TPSA) is 49.9 Å². The van der Waals surface area contributed by atoms with E-state index >= 15 is 0 Å². The Morgan fingerprint density at radius 1 is 1.00 bits per heavy atom. The number of carbonyl (C=O) groups is 2. The molecule has 0 bridgehead atoms. The van der Waals surface area contributed by atoms with Crippen LogP contribution in [0.15, 0.2) is 24.3 Å². The smallest absolute Gasteiger partial charge is 0.257 e. The summed E-state index contributed by atoms with van der Waals surface area (Å²) in [6.07, 6.45) is 5.30. The van der Waals surface area contributed by atoms with Crippen LogP contribution in [0.25, 0.3) is 0 Å². The van der Waals surface area contributed by atoms with Crippen molar-refractivity contribution in [2.75, 3.05) is 32.8 Å². The predicted octanol–water partition coefficient (Wildman–Crippen LogP) is 3.59. The largest absolute Gasteiger partial charge is 0.492 e. The van der Waals surface area contributed by atoms with Crippen LogP contribution in [0.3, 0.4) is 0 Å². The van der Waals surface area contributed by atoms with Crippen molar-refractivity contribution in [3.05, 3.63) is 29.8 Å². The molecule has 0 saturated carbocycles. The number of hydrogen-bond donors (Lipinski definition) is 0. The lowest BCUT2D eigenvalue weighted by molar-refractivity contribution is -0.136. The molecule has 2 fully saturated rings. The van der Waals surface area contributed by atoms with Crippen LogP contribution in [0.4, 0.5) is 0 Å². The van der Waals surface area contributed by atoms with E-state index in [0.717, 1.165) is 51.9 Å². The summed E-state index contributed by atoms with van der Waals surface area (Å²) in [6, 6.07) is 7.59. The highest BCUT2D eigenvalue weighted by molar-refractivity contribution is 5.97. The van der Waals surface area contributed by atoms with Gasteiger partial charge in [-0.15, -0.1) is 0 Å². The molecule has 148 valence electrons. The van der Waals surface area contributed by atoms with E-state index in [2.05, 4.69) is 0 Å². The number of nitrogens with zero attached hydrogens (tertiary/aromatic N) is 2. The second-order valence-electron chi connectivity index (χ2n) is 8.08. The third-order valence-electron chi connectivity index (χ3n) is 5.66. The number of para-hydroxylation sites is 1. The fourth-order valence-electron chi connectivity index (χ4n) is 3.93. The number of rotatable bonds is 5. The molecule has 2 amide bonds. The zero-order chi connectivity index (χ0) is 19.2. The Labute approximate surface area is 162 Å². The van der Waals surface area contributed by atoms with Crippen molar-refractivity contribution < 1.29 is 14.3 Å². The molecule has 2 aliphatic rings. The van der Waals surface area contributed by atoms with Gasteiger partial charge in [0.05, 0.1) is 12.2 Å². The molecule has 0 atom stereocenters. The van der Waals surface area contributed by atoms with Crippen molar-refractivity contribution in [2.45, 2.75) is 46.0 Å². The van der Waals surface area contributed by atoms with Gasteiger partial charge in [-0.05, 0) is 50.2 Å². The molecule has 5 nitrogen and oxygen atoms in total. The van der Waals surface area contributed by atoms with Crippen LogP contribution >= 0.6 is 0 Å². The predicted molar refractivity (Wildman–Crippen MR) is 106 cm³/mol. The molecule has 2 aliphatic heterocycles. The summed E-state index contributed by atoms with van der Waals surface area (Å²) in [5.74, 6) is 1.51. The standard InChI is InChI=1S/C22H32N2O3/c1-17(2)21(25)24-14-10-18(11-15-24)16-27-20-9-5-4-8-19(20)22(26)23-12-6-3-7-13-23/h4-5,8-9,17-18H,3,6-7,10-16H2,1-2H3. The zero-order valence-corrected chi connectivity index (χ0v) is 16.7. The number of ether oxygens (including phenoxy) is 1. The van der Waals surface area contributed by atoms with E-state index in [1.54, 1.807) is 0 Å². The van der Waals surface area contributed by atoms with E-state index in [0.29, 0.717) is 23.8 Å². The Morgan fingerprint density at radius 2 is 1.67 bits per heavy atom. The van der Waals surface area contributed by atoms with Gasteiger partial charge in [-0.25, -0.2) is 0 Å². The Morgan fingerprint density at radius 3 is 2.33 bits per heavy atom. The molecule has 0 aromatic heterocycles. The van der Waals surface area contributed by atoms with Gasteiger partial charge in [0.2, 0.25) is 5.91 Å². The van der Waals surface area contributed by atoms with E-state index in [1.807, 2.05) is 47.9 Å². The van der Waals surface area contributed by atoms with Crippen molar-refractivity contribution in [2.24, 2.45) is 11.8 Å². The second kappa shape index (κ2) is 9.25. The maximum atomic E-state index is 12.9. The monoisotopic (exact) mass is 372 g/mol. The Kier molecular flexibility index (Phi) is 6.75. The highest BCUT2D eigenvalue weighted by atomic mass is 16.5. The van der Waals surface area contributed by atoms with Crippen LogP contribution in [0.5, 0.6) is 5.75 Å². The van der Waals surface area contributed by atoms with E-state index in [4.69, 9.17) is 4.74 Å². The summed E-state index contributed by atoms with van der Waals surface area (Å²) in [4.78, 5) is 28.9. The Balaban J connectivity index is 1.54. The first-order valence-corrected chi connectivity index (χ1v) is 10.4. The van der Waals surface area contributed by atoms with Gasteiger partial charge >= 0.3 is 0 Å². The maximum absolute atomic E-state index is 12.9. The first-order valence-electron chi connectivity index (χ1n) is 10.4. The minimum absolute atomic E-state index is 0.0606. The summed E-state index contributed by atoms with van der Waals surface area (Å²) in [5.41, 5.74) is 0.673. The molecular formula is C22H32N2O3. The minimum Gasteiger partial charge on any atom is -0.492 e. The van der Waals surface area contributed by atoms with Crippen molar-refractivity contribution in [3.8, 4) is 5.75 Å². The van der Waals surface area contributed by atoms with Crippen LogP contribution in [0.1, 0.15) is 56.3 Å². The van der Waals surface area contributed by atoms with Crippen molar-refractivity contribution >= 4 is 11.8 Å². The zero-order valence-electron chi connectivity index (χ0n) is 16.7. The summed E-state index contributed by atoms with van der Waals surface area (Å²) < 4.78 is 6.08. The number of amides is 2. The molecule has 2 saturated heterocycles. The van der Waals surface area contributed by atoms with Crippen LogP contribution in [0, 0.1) is 11.8 Å². The van der Waals surface area contributed by atoms with Gasteiger partial charge < -0.3 is 14.5 Å². The molecule has 5 heteroatoms. The normalized spacial score (nSPS) is 18.6. The summed E-state index contributed by atoms with van der Waals surface area (Å²) in [7, 11) is 0. The van der Waals surface area contributed by atoms with Crippen molar-refractivity contribution in [1.29, 1.82) is 0 Å².